The number of hydrogen-bond acceptors (Lipinski definition) is 1. The lowest BCUT2D eigenvalue weighted by molar-refractivity contribution is -0.126. The molecule has 0 saturated heterocycles. The lowest BCUT2D eigenvalue weighted by Gasteiger charge is -2.20. The van der Waals surface area contributed by atoms with Gasteiger partial charge in [-0.15, -0.1) is 0 Å². The molecule has 0 aromatic heterocycles. The molecule has 2 nitrogen and oxygen atoms in total. The molecule has 1 amide bonds. The van der Waals surface area contributed by atoms with E-state index in [9.17, 15) is 4.79 Å². The van der Waals surface area contributed by atoms with Gasteiger partial charge in [-0.25, -0.2) is 0 Å². The van der Waals surface area contributed by atoms with Gasteiger partial charge in [0.2, 0.25) is 5.91 Å². The predicted molar refractivity (Wildman–Crippen MR) is 84.3 cm³/mol. The van der Waals surface area contributed by atoms with Gasteiger partial charge in [-0.05, 0) is 31.8 Å². The average Bonchev–Trinajstić information content (AvgIpc) is 2.42. The summed E-state index contributed by atoms with van der Waals surface area (Å²) >= 11 is 0. The Kier molecular flexibility index (Phi) is 13.1. The smallest absolute Gasteiger partial charge is 0.246 e. The van der Waals surface area contributed by atoms with Crippen molar-refractivity contribution in [1.29, 1.82) is 0 Å². The van der Waals surface area contributed by atoms with E-state index in [0.29, 0.717) is 0 Å². The first-order chi connectivity index (χ1) is 9.26. The zero-order chi connectivity index (χ0) is 14.3. The molecule has 0 aliphatic rings. The Bertz CT molecular complexity index is 235. The first-order valence-electron chi connectivity index (χ1n) is 8.21. The highest BCUT2D eigenvalue weighted by Gasteiger charge is 2.07. The van der Waals surface area contributed by atoms with E-state index < -0.39 is 0 Å². The molecule has 0 fully saturated rings. The number of allylic oxidation sites excluding steroid dienone is 1. The van der Waals surface area contributed by atoms with Crippen LogP contribution in [0, 0.1) is 0 Å². The van der Waals surface area contributed by atoms with E-state index in [1.807, 2.05) is 4.90 Å². The van der Waals surface area contributed by atoms with E-state index in [2.05, 4.69) is 26.8 Å². The topological polar surface area (TPSA) is 20.3 Å². The van der Waals surface area contributed by atoms with Crippen molar-refractivity contribution in [1.82, 2.24) is 4.90 Å². The summed E-state index contributed by atoms with van der Waals surface area (Å²) in [6.07, 6.45) is 14.6. The molecule has 0 unspecified atom stereocenters. The van der Waals surface area contributed by atoms with Crippen LogP contribution < -0.4 is 0 Å². The fraction of sp³-hybridized carbons (Fsp3) is 0.824. The van der Waals surface area contributed by atoms with Gasteiger partial charge in [0.15, 0.2) is 0 Å². The highest BCUT2D eigenvalue weighted by atomic mass is 16.2. The molecule has 112 valence electrons. The lowest BCUT2D eigenvalue weighted by atomic mass is 10.1. The SMILES string of the molecule is CCCCCCC/C=C/C(=O)N(CCC)CCCC. The maximum atomic E-state index is 12.0. The van der Waals surface area contributed by atoms with Gasteiger partial charge in [0.25, 0.3) is 0 Å². The van der Waals surface area contributed by atoms with Gasteiger partial charge in [0, 0.05) is 13.1 Å². The van der Waals surface area contributed by atoms with Crippen LogP contribution in [0.1, 0.15) is 78.6 Å². The molecule has 0 aliphatic carbocycles. The van der Waals surface area contributed by atoms with Gasteiger partial charge in [-0.2, -0.15) is 0 Å². The summed E-state index contributed by atoms with van der Waals surface area (Å²) in [6, 6.07) is 0. The van der Waals surface area contributed by atoms with Crippen molar-refractivity contribution < 1.29 is 4.79 Å². The van der Waals surface area contributed by atoms with Crippen molar-refractivity contribution in [3.63, 3.8) is 0 Å². The van der Waals surface area contributed by atoms with Crippen LogP contribution in [0.15, 0.2) is 12.2 Å². The summed E-state index contributed by atoms with van der Waals surface area (Å²) in [5.74, 6) is 0.198. The number of rotatable bonds is 12. The highest BCUT2D eigenvalue weighted by molar-refractivity contribution is 5.87. The zero-order valence-corrected chi connectivity index (χ0v) is 13.3. The molecule has 19 heavy (non-hydrogen) atoms. The van der Waals surface area contributed by atoms with Crippen molar-refractivity contribution in [2.24, 2.45) is 0 Å². The maximum Gasteiger partial charge on any atom is 0.246 e. The van der Waals surface area contributed by atoms with Crippen LogP contribution in [0.5, 0.6) is 0 Å². The molecule has 0 saturated carbocycles. The molecule has 0 N–H and O–H groups in total. The van der Waals surface area contributed by atoms with E-state index in [1.165, 1.54) is 32.1 Å². The van der Waals surface area contributed by atoms with E-state index in [-0.39, 0.29) is 5.91 Å². The number of unbranched alkanes of at least 4 members (excludes halogenated alkanes) is 6. The number of carbonyl (C=O) groups excluding carboxylic acids is 1. The van der Waals surface area contributed by atoms with E-state index in [0.717, 1.165) is 38.8 Å². The molecule has 0 rings (SSSR count). The fourth-order valence-corrected chi connectivity index (χ4v) is 2.11. The Morgan fingerprint density at radius 2 is 1.53 bits per heavy atom. The fourth-order valence-electron chi connectivity index (χ4n) is 2.11. The van der Waals surface area contributed by atoms with Gasteiger partial charge in [-0.1, -0.05) is 59.0 Å². The Hall–Kier alpha value is -0.790. The van der Waals surface area contributed by atoms with Gasteiger partial charge in [0.05, 0.1) is 0 Å². The van der Waals surface area contributed by atoms with Crippen LogP contribution in [-0.2, 0) is 4.79 Å². The minimum atomic E-state index is 0.198. The molecule has 0 spiro atoms. The zero-order valence-electron chi connectivity index (χ0n) is 13.3. The van der Waals surface area contributed by atoms with Crippen molar-refractivity contribution >= 4 is 5.91 Å². The molecule has 0 heterocycles. The third-order valence-corrected chi connectivity index (χ3v) is 3.32. The maximum absolute atomic E-state index is 12.0. The van der Waals surface area contributed by atoms with Crippen LogP contribution in [-0.4, -0.2) is 23.9 Å². The second-order valence-electron chi connectivity index (χ2n) is 5.28. The van der Waals surface area contributed by atoms with Gasteiger partial charge < -0.3 is 4.90 Å². The Labute approximate surface area is 120 Å². The highest BCUT2D eigenvalue weighted by Crippen LogP contribution is 2.06. The molecule has 0 aliphatic heterocycles. The number of carbonyl (C=O) groups is 1. The van der Waals surface area contributed by atoms with Gasteiger partial charge >= 0.3 is 0 Å². The number of hydrogen-bond donors (Lipinski definition) is 0. The van der Waals surface area contributed by atoms with Crippen molar-refractivity contribution in [3.05, 3.63) is 12.2 Å². The van der Waals surface area contributed by atoms with Crippen LogP contribution in [0.3, 0.4) is 0 Å². The second-order valence-corrected chi connectivity index (χ2v) is 5.28. The summed E-state index contributed by atoms with van der Waals surface area (Å²) in [5.41, 5.74) is 0. The first kappa shape index (κ1) is 18.2. The van der Waals surface area contributed by atoms with Crippen LogP contribution >= 0.6 is 0 Å². The van der Waals surface area contributed by atoms with E-state index in [4.69, 9.17) is 0 Å². The van der Waals surface area contributed by atoms with Crippen LogP contribution in [0.2, 0.25) is 0 Å². The van der Waals surface area contributed by atoms with Crippen LogP contribution in [0.25, 0.3) is 0 Å². The van der Waals surface area contributed by atoms with Gasteiger partial charge in [-0.3, -0.25) is 4.79 Å². The summed E-state index contributed by atoms with van der Waals surface area (Å²) in [7, 11) is 0. The lowest BCUT2D eigenvalue weighted by Crippen LogP contribution is -2.31. The Morgan fingerprint density at radius 3 is 2.16 bits per heavy atom. The third-order valence-electron chi connectivity index (χ3n) is 3.32. The molecule has 0 bridgehead atoms. The largest absolute Gasteiger partial charge is 0.339 e. The Morgan fingerprint density at radius 1 is 0.842 bits per heavy atom. The normalized spacial score (nSPS) is 11.1. The summed E-state index contributed by atoms with van der Waals surface area (Å²) < 4.78 is 0. The summed E-state index contributed by atoms with van der Waals surface area (Å²) in [5, 5.41) is 0. The Balaban J connectivity index is 3.82. The van der Waals surface area contributed by atoms with Gasteiger partial charge in [0.1, 0.15) is 0 Å². The molecule has 0 aromatic carbocycles. The monoisotopic (exact) mass is 267 g/mol. The van der Waals surface area contributed by atoms with Crippen molar-refractivity contribution in [3.8, 4) is 0 Å². The minimum Gasteiger partial charge on any atom is -0.339 e. The standard InChI is InChI=1S/C17H33NO/c1-4-7-9-10-11-12-13-14-17(19)18(15-6-3)16-8-5-2/h13-14H,4-12,15-16H2,1-3H3/b14-13+. The van der Waals surface area contributed by atoms with E-state index in [1.54, 1.807) is 6.08 Å². The third kappa shape index (κ3) is 10.8. The van der Waals surface area contributed by atoms with E-state index >= 15 is 0 Å². The van der Waals surface area contributed by atoms with Crippen LogP contribution in [0.4, 0.5) is 0 Å². The first-order valence-corrected chi connectivity index (χ1v) is 8.21. The quantitative estimate of drug-likeness (QED) is 0.362. The van der Waals surface area contributed by atoms with Crippen molar-refractivity contribution in [2.45, 2.75) is 78.6 Å². The van der Waals surface area contributed by atoms with Crippen molar-refractivity contribution in [2.75, 3.05) is 13.1 Å². The second kappa shape index (κ2) is 13.6. The molecule has 2 heteroatoms. The average molecular weight is 267 g/mol. The molecule has 0 radical (unpaired) electrons. The molecule has 0 aromatic rings. The summed E-state index contributed by atoms with van der Waals surface area (Å²) in [4.78, 5) is 14.0. The molecular weight excluding hydrogens is 234 g/mol. The minimum absolute atomic E-state index is 0.198. The number of nitrogens with zero attached hydrogens (tertiary/aromatic N) is 1. The predicted octanol–water partition coefficient (Wildman–Crippen LogP) is 4.94. The molecule has 0 atom stereocenters. The molecular formula is C17H33NO. The number of amides is 1. The summed E-state index contributed by atoms with van der Waals surface area (Å²) in [6.45, 7) is 8.32.